The van der Waals surface area contributed by atoms with Crippen LogP contribution in [0.25, 0.3) is 16.9 Å². The molecule has 0 bridgehead atoms. The molecule has 0 unspecified atom stereocenters. The van der Waals surface area contributed by atoms with Gasteiger partial charge in [-0.15, -0.1) is 9.51 Å². The molecule has 1 saturated heterocycles. The molecule has 1 N–H and O–H groups in total. The molecular formula is C20H22ClFN6O2S. The van der Waals surface area contributed by atoms with E-state index in [1.165, 1.54) is 16.5 Å². The lowest BCUT2D eigenvalue weighted by molar-refractivity contribution is 0.00230. The average Bonchev–Trinajstić information content (AvgIpc) is 2.96. The Bertz CT molecular complexity index is 1220. The SMILES string of the molecule is CNN(C1CC2(C1)CN(c1nc(-c3ccc(F)cc3)nn3c(Cl)cc(C)c13)C2)[SH](=O)=O. The van der Waals surface area contributed by atoms with Crippen molar-refractivity contribution in [2.24, 2.45) is 5.41 Å². The third-order valence-electron chi connectivity index (χ3n) is 6.28. The average molecular weight is 465 g/mol. The molecule has 2 fully saturated rings. The summed E-state index contributed by atoms with van der Waals surface area (Å²) in [6.07, 6.45) is 1.61. The molecule has 2 aliphatic rings. The van der Waals surface area contributed by atoms with E-state index < -0.39 is 10.9 Å². The van der Waals surface area contributed by atoms with Crippen LogP contribution >= 0.6 is 11.6 Å². The molecule has 31 heavy (non-hydrogen) atoms. The standard InChI is InChI=1S/C20H22ClFN6O2S/c1-12-7-16(21)27-17(12)19(24-18(25-27)13-3-5-14(22)6-4-13)26-10-20(11-26)8-15(9-20)28(23-2)31(29)30/h3-7,15,23,31H,8-11H2,1-2H3. The highest BCUT2D eigenvalue weighted by Crippen LogP contribution is 2.51. The molecule has 2 aromatic heterocycles. The highest BCUT2D eigenvalue weighted by molar-refractivity contribution is 7.69. The van der Waals surface area contributed by atoms with E-state index in [9.17, 15) is 12.8 Å². The number of fused-ring (bicyclic) bond motifs is 1. The molecular weight excluding hydrogens is 443 g/mol. The lowest BCUT2D eigenvalue weighted by Gasteiger charge is -2.60. The number of thiol groups is 1. The van der Waals surface area contributed by atoms with Gasteiger partial charge in [-0.3, -0.25) is 0 Å². The Morgan fingerprint density at radius 2 is 1.94 bits per heavy atom. The van der Waals surface area contributed by atoms with Crippen molar-refractivity contribution in [3.8, 4) is 11.4 Å². The van der Waals surface area contributed by atoms with E-state index in [1.54, 1.807) is 23.7 Å². The van der Waals surface area contributed by atoms with Gasteiger partial charge in [-0.1, -0.05) is 11.6 Å². The summed E-state index contributed by atoms with van der Waals surface area (Å²) in [6, 6.07) is 7.90. The number of benzene rings is 1. The van der Waals surface area contributed by atoms with E-state index in [1.807, 2.05) is 13.0 Å². The van der Waals surface area contributed by atoms with E-state index in [4.69, 9.17) is 16.6 Å². The first-order valence-corrected chi connectivity index (χ1v) is 11.5. The van der Waals surface area contributed by atoms with Gasteiger partial charge in [-0.05, 0) is 62.7 Å². The molecule has 1 saturated carbocycles. The van der Waals surface area contributed by atoms with Crippen LogP contribution in [0.3, 0.4) is 0 Å². The van der Waals surface area contributed by atoms with Crippen LogP contribution in [0.1, 0.15) is 18.4 Å². The van der Waals surface area contributed by atoms with Crippen molar-refractivity contribution in [1.82, 2.24) is 24.4 Å². The minimum Gasteiger partial charge on any atom is -0.353 e. The van der Waals surface area contributed by atoms with Gasteiger partial charge in [0.15, 0.2) is 11.6 Å². The van der Waals surface area contributed by atoms with Crippen LogP contribution in [-0.2, 0) is 10.9 Å². The Balaban J connectivity index is 1.45. The van der Waals surface area contributed by atoms with Gasteiger partial charge in [0.2, 0.25) is 10.9 Å². The van der Waals surface area contributed by atoms with Crippen molar-refractivity contribution < 1.29 is 12.8 Å². The van der Waals surface area contributed by atoms with Gasteiger partial charge in [0.1, 0.15) is 16.5 Å². The molecule has 3 heterocycles. The minimum atomic E-state index is -2.65. The molecule has 0 amide bonds. The Labute approximate surface area is 185 Å². The zero-order chi connectivity index (χ0) is 21.9. The highest BCUT2D eigenvalue weighted by Gasteiger charge is 2.55. The number of aryl methyl sites for hydroxylation is 1. The molecule has 3 aromatic rings. The van der Waals surface area contributed by atoms with E-state index in [0.29, 0.717) is 16.5 Å². The van der Waals surface area contributed by atoms with E-state index >= 15 is 0 Å². The van der Waals surface area contributed by atoms with Crippen LogP contribution in [0.4, 0.5) is 10.2 Å². The second-order valence-electron chi connectivity index (χ2n) is 8.40. The number of anilines is 1. The van der Waals surface area contributed by atoms with Crippen molar-refractivity contribution in [3.63, 3.8) is 0 Å². The number of hydrogen-bond donors (Lipinski definition) is 2. The summed E-state index contributed by atoms with van der Waals surface area (Å²) in [7, 11) is -1.03. The van der Waals surface area contributed by atoms with Crippen molar-refractivity contribution in [2.45, 2.75) is 25.8 Å². The van der Waals surface area contributed by atoms with Gasteiger partial charge < -0.3 is 4.90 Å². The first-order valence-electron chi connectivity index (χ1n) is 9.98. The molecule has 5 rings (SSSR count). The zero-order valence-electron chi connectivity index (χ0n) is 17.0. The molecule has 164 valence electrons. The van der Waals surface area contributed by atoms with Crippen molar-refractivity contribution >= 4 is 33.8 Å². The van der Waals surface area contributed by atoms with Gasteiger partial charge in [0.25, 0.3) is 0 Å². The number of nitrogens with zero attached hydrogens (tertiary/aromatic N) is 5. The van der Waals surface area contributed by atoms with Crippen LogP contribution in [0.5, 0.6) is 0 Å². The number of rotatable bonds is 5. The molecule has 1 spiro atoms. The fourth-order valence-electron chi connectivity index (χ4n) is 4.84. The molecule has 1 aliphatic heterocycles. The first-order chi connectivity index (χ1) is 14.8. The maximum atomic E-state index is 13.4. The predicted octanol–water partition coefficient (Wildman–Crippen LogP) is 2.43. The maximum Gasteiger partial charge on any atom is 0.216 e. The third-order valence-corrected chi connectivity index (χ3v) is 7.43. The highest BCUT2D eigenvalue weighted by atomic mass is 35.5. The van der Waals surface area contributed by atoms with Crippen LogP contribution in [0, 0.1) is 18.2 Å². The fraction of sp³-hybridized carbons (Fsp3) is 0.400. The Kier molecular flexibility index (Phi) is 4.93. The molecule has 0 radical (unpaired) electrons. The number of hydrogen-bond acceptors (Lipinski definition) is 6. The summed E-state index contributed by atoms with van der Waals surface area (Å²) in [4.78, 5) is 7.00. The van der Waals surface area contributed by atoms with Crippen molar-refractivity contribution in [3.05, 3.63) is 46.9 Å². The summed E-state index contributed by atoms with van der Waals surface area (Å²) in [6.45, 7) is 3.54. The summed E-state index contributed by atoms with van der Waals surface area (Å²) in [5, 5.41) is 5.06. The zero-order valence-corrected chi connectivity index (χ0v) is 18.7. The molecule has 8 nitrogen and oxygen atoms in total. The molecule has 0 atom stereocenters. The van der Waals surface area contributed by atoms with Gasteiger partial charge in [-0.25, -0.2) is 27.7 Å². The van der Waals surface area contributed by atoms with E-state index in [2.05, 4.69) is 15.4 Å². The van der Waals surface area contributed by atoms with E-state index in [0.717, 1.165) is 42.8 Å². The second-order valence-corrected chi connectivity index (χ2v) is 9.69. The topological polar surface area (TPSA) is 82.8 Å². The molecule has 1 aliphatic carbocycles. The van der Waals surface area contributed by atoms with Crippen molar-refractivity contribution in [1.29, 1.82) is 0 Å². The first kappa shape index (κ1) is 20.6. The monoisotopic (exact) mass is 464 g/mol. The van der Waals surface area contributed by atoms with Crippen molar-refractivity contribution in [2.75, 3.05) is 25.0 Å². The second kappa shape index (κ2) is 7.40. The third kappa shape index (κ3) is 3.38. The normalized spacial score (nSPS) is 18.2. The summed E-state index contributed by atoms with van der Waals surface area (Å²) >= 11 is 6.42. The van der Waals surface area contributed by atoms with Gasteiger partial charge in [0, 0.05) is 30.1 Å². The number of aromatic nitrogens is 3. The predicted molar refractivity (Wildman–Crippen MR) is 117 cm³/mol. The van der Waals surface area contributed by atoms with Gasteiger partial charge >= 0.3 is 0 Å². The molecule has 1 aromatic carbocycles. The number of nitrogens with one attached hydrogen (secondary N) is 1. The minimum absolute atomic E-state index is 0.0158. The number of halogens is 2. The summed E-state index contributed by atoms with van der Waals surface area (Å²) in [5.41, 5.74) is 5.37. The van der Waals surface area contributed by atoms with Crippen LogP contribution < -0.4 is 10.3 Å². The number of hydrazine groups is 1. The summed E-state index contributed by atoms with van der Waals surface area (Å²) < 4.78 is 39.1. The van der Waals surface area contributed by atoms with Crippen LogP contribution in [0.15, 0.2) is 30.3 Å². The smallest absolute Gasteiger partial charge is 0.216 e. The lowest BCUT2D eigenvalue weighted by atomic mass is 9.61. The lowest BCUT2D eigenvalue weighted by Crippen LogP contribution is -2.67. The van der Waals surface area contributed by atoms with Gasteiger partial charge in [-0.2, -0.15) is 0 Å². The molecule has 11 heteroatoms. The maximum absolute atomic E-state index is 13.4. The van der Waals surface area contributed by atoms with Crippen LogP contribution in [0.2, 0.25) is 5.15 Å². The largest absolute Gasteiger partial charge is 0.353 e. The van der Waals surface area contributed by atoms with E-state index in [-0.39, 0.29) is 17.3 Å². The van der Waals surface area contributed by atoms with Gasteiger partial charge in [0.05, 0.1) is 0 Å². The fourth-order valence-corrected chi connectivity index (χ4v) is 5.72. The Hall–Kier alpha value is -2.27. The Morgan fingerprint density at radius 3 is 2.55 bits per heavy atom. The Morgan fingerprint density at radius 1 is 1.26 bits per heavy atom. The quantitative estimate of drug-likeness (QED) is 0.446. The van der Waals surface area contributed by atoms with Crippen LogP contribution in [-0.4, -0.2) is 53.6 Å². The summed E-state index contributed by atoms with van der Waals surface area (Å²) in [5.74, 6) is 0.935.